The predicted octanol–water partition coefficient (Wildman–Crippen LogP) is 1.91. The topological polar surface area (TPSA) is 21.3 Å². The number of nitrogens with one attached hydrogen (secondary N) is 1. The van der Waals surface area contributed by atoms with Crippen LogP contribution < -0.4 is 5.48 Å². The molecule has 72 valence electrons. The van der Waals surface area contributed by atoms with Gasteiger partial charge in [0.25, 0.3) is 0 Å². The fourth-order valence-electron chi connectivity index (χ4n) is 1.12. The predicted molar refractivity (Wildman–Crippen MR) is 49.7 cm³/mol. The number of hydrogen-bond acceptors (Lipinski definition) is 2. The third-order valence-corrected chi connectivity index (χ3v) is 1.80. The highest BCUT2D eigenvalue weighted by Crippen LogP contribution is 2.04. The van der Waals surface area contributed by atoms with Gasteiger partial charge in [0.05, 0.1) is 7.11 Å². The lowest BCUT2D eigenvalue weighted by Crippen LogP contribution is -2.13. The maximum Gasteiger partial charge on any atom is 0.123 e. The van der Waals surface area contributed by atoms with Crippen LogP contribution in [-0.2, 0) is 11.3 Å². The van der Waals surface area contributed by atoms with Gasteiger partial charge in [0, 0.05) is 6.54 Å². The van der Waals surface area contributed by atoms with Gasteiger partial charge in [-0.1, -0.05) is 12.1 Å². The maximum absolute atomic E-state index is 12.5. The van der Waals surface area contributed by atoms with Crippen molar-refractivity contribution in [1.82, 2.24) is 5.48 Å². The maximum atomic E-state index is 12.5. The second-order valence-corrected chi connectivity index (χ2v) is 2.83. The van der Waals surface area contributed by atoms with Crippen LogP contribution in [0.25, 0.3) is 0 Å². The molecule has 0 unspecified atom stereocenters. The molecule has 3 heteroatoms. The Bertz CT molecular complexity index is 235. The number of hydrogen-bond donors (Lipinski definition) is 1. The molecular weight excluding hydrogens is 169 g/mol. The molecule has 2 nitrogen and oxygen atoms in total. The molecule has 1 aromatic carbocycles. The van der Waals surface area contributed by atoms with Crippen molar-refractivity contribution in [3.63, 3.8) is 0 Å². The van der Waals surface area contributed by atoms with Crippen molar-refractivity contribution in [2.24, 2.45) is 0 Å². The first-order valence-electron chi connectivity index (χ1n) is 4.33. The van der Waals surface area contributed by atoms with E-state index < -0.39 is 0 Å². The van der Waals surface area contributed by atoms with Gasteiger partial charge in [-0.3, -0.25) is 0 Å². The summed E-state index contributed by atoms with van der Waals surface area (Å²) < 4.78 is 12.5. The average molecular weight is 183 g/mol. The molecule has 0 radical (unpaired) electrons. The summed E-state index contributed by atoms with van der Waals surface area (Å²) in [4.78, 5) is 4.69. The van der Waals surface area contributed by atoms with Gasteiger partial charge in [-0.2, -0.15) is 0 Å². The standard InChI is InChI=1S/C10H14FNO/c1-13-12-8-2-3-9-4-6-10(11)7-5-9/h4-7,12H,2-3,8H2,1H3. The molecule has 1 aromatic rings. The Labute approximate surface area is 77.7 Å². The van der Waals surface area contributed by atoms with E-state index in [4.69, 9.17) is 0 Å². The molecule has 13 heavy (non-hydrogen) atoms. The van der Waals surface area contributed by atoms with Gasteiger partial charge in [0.1, 0.15) is 5.82 Å². The minimum atomic E-state index is -0.182. The largest absolute Gasteiger partial charge is 0.305 e. The van der Waals surface area contributed by atoms with E-state index in [2.05, 4.69) is 10.3 Å². The van der Waals surface area contributed by atoms with E-state index >= 15 is 0 Å². The second-order valence-electron chi connectivity index (χ2n) is 2.83. The fourth-order valence-corrected chi connectivity index (χ4v) is 1.12. The van der Waals surface area contributed by atoms with E-state index in [1.807, 2.05) is 12.1 Å². The first-order valence-corrected chi connectivity index (χ1v) is 4.33. The normalized spacial score (nSPS) is 10.3. The quantitative estimate of drug-likeness (QED) is 0.556. The Morgan fingerprint density at radius 3 is 2.62 bits per heavy atom. The van der Waals surface area contributed by atoms with Gasteiger partial charge in [-0.25, -0.2) is 9.87 Å². The smallest absolute Gasteiger partial charge is 0.123 e. The zero-order chi connectivity index (χ0) is 9.52. The lowest BCUT2D eigenvalue weighted by molar-refractivity contribution is 0.0911. The van der Waals surface area contributed by atoms with Crippen molar-refractivity contribution in [2.75, 3.05) is 13.7 Å². The molecule has 0 fully saturated rings. The molecule has 0 aliphatic carbocycles. The Hall–Kier alpha value is -0.930. The number of aryl methyl sites for hydroxylation is 1. The minimum absolute atomic E-state index is 0.182. The van der Waals surface area contributed by atoms with Crippen molar-refractivity contribution in [1.29, 1.82) is 0 Å². The molecule has 0 saturated carbocycles. The summed E-state index contributed by atoms with van der Waals surface area (Å²) in [6.45, 7) is 0.813. The van der Waals surface area contributed by atoms with Crippen LogP contribution in [0.2, 0.25) is 0 Å². The van der Waals surface area contributed by atoms with Gasteiger partial charge in [0.2, 0.25) is 0 Å². The highest BCUT2D eigenvalue weighted by molar-refractivity contribution is 5.15. The molecule has 0 aromatic heterocycles. The van der Waals surface area contributed by atoms with E-state index in [0.29, 0.717) is 0 Å². The molecule has 1 N–H and O–H groups in total. The summed E-state index contributed by atoms with van der Waals surface area (Å²) in [6, 6.07) is 6.59. The third-order valence-electron chi connectivity index (χ3n) is 1.80. The van der Waals surface area contributed by atoms with Crippen LogP contribution in [0.4, 0.5) is 4.39 Å². The molecule has 0 aliphatic heterocycles. The molecule has 0 spiro atoms. The molecule has 0 atom stereocenters. The third kappa shape index (κ3) is 4.01. The average Bonchev–Trinajstić information content (AvgIpc) is 2.15. The number of benzene rings is 1. The van der Waals surface area contributed by atoms with Crippen molar-refractivity contribution < 1.29 is 9.23 Å². The first-order chi connectivity index (χ1) is 6.33. The minimum Gasteiger partial charge on any atom is -0.305 e. The van der Waals surface area contributed by atoms with Crippen molar-refractivity contribution in [3.05, 3.63) is 35.6 Å². The van der Waals surface area contributed by atoms with Gasteiger partial charge < -0.3 is 4.84 Å². The van der Waals surface area contributed by atoms with Crippen molar-refractivity contribution in [2.45, 2.75) is 12.8 Å². The molecule has 0 amide bonds. The van der Waals surface area contributed by atoms with E-state index in [0.717, 1.165) is 24.9 Å². The summed E-state index contributed by atoms with van der Waals surface area (Å²) in [5.74, 6) is -0.182. The molecule has 0 aliphatic rings. The first kappa shape index (κ1) is 10.2. The zero-order valence-electron chi connectivity index (χ0n) is 7.72. The van der Waals surface area contributed by atoms with Gasteiger partial charge in [0.15, 0.2) is 0 Å². The Morgan fingerprint density at radius 1 is 1.31 bits per heavy atom. The van der Waals surface area contributed by atoms with Crippen LogP contribution in [-0.4, -0.2) is 13.7 Å². The van der Waals surface area contributed by atoms with Gasteiger partial charge >= 0.3 is 0 Å². The summed E-state index contributed by atoms with van der Waals surface area (Å²) in [5, 5.41) is 0. The molecule has 1 rings (SSSR count). The summed E-state index contributed by atoms with van der Waals surface area (Å²) in [6.07, 6.45) is 1.93. The van der Waals surface area contributed by atoms with E-state index in [-0.39, 0.29) is 5.82 Å². The van der Waals surface area contributed by atoms with Crippen LogP contribution >= 0.6 is 0 Å². The Morgan fingerprint density at radius 2 is 2.00 bits per heavy atom. The number of rotatable bonds is 5. The fraction of sp³-hybridized carbons (Fsp3) is 0.400. The van der Waals surface area contributed by atoms with Crippen LogP contribution in [0.3, 0.4) is 0 Å². The summed E-state index contributed by atoms with van der Waals surface area (Å²) in [5.41, 5.74) is 3.91. The number of halogens is 1. The lowest BCUT2D eigenvalue weighted by atomic mass is 10.1. The van der Waals surface area contributed by atoms with Gasteiger partial charge in [-0.05, 0) is 30.5 Å². The zero-order valence-corrected chi connectivity index (χ0v) is 7.72. The van der Waals surface area contributed by atoms with Crippen LogP contribution in [0.1, 0.15) is 12.0 Å². The van der Waals surface area contributed by atoms with Crippen LogP contribution in [0.5, 0.6) is 0 Å². The van der Waals surface area contributed by atoms with Crippen molar-refractivity contribution in [3.8, 4) is 0 Å². The molecule has 0 bridgehead atoms. The lowest BCUT2D eigenvalue weighted by Gasteiger charge is -2.01. The molecular formula is C10H14FNO. The van der Waals surface area contributed by atoms with E-state index in [1.165, 1.54) is 12.1 Å². The highest BCUT2D eigenvalue weighted by atomic mass is 19.1. The van der Waals surface area contributed by atoms with Gasteiger partial charge in [-0.15, -0.1) is 0 Å². The van der Waals surface area contributed by atoms with E-state index in [9.17, 15) is 4.39 Å². The van der Waals surface area contributed by atoms with E-state index in [1.54, 1.807) is 7.11 Å². The number of hydroxylamine groups is 1. The van der Waals surface area contributed by atoms with Crippen LogP contribution in [0.15, 0.2) is 24.3 Å². The second kappa shape index (κ2) is 5.67. The van der Waals surface area contributed by atoms with Crippen molar-refractivity contribution >= 4 is 0 Å². The molecule has 0 saturated heterocycles. The SMILES string of the molecule is CONCCCc1ccc(F)cc1. The molecule has 0 heterocycles. The van der Waals surface area contributed by atoms with Crippen LogP contribution in [0, 0.1) is 5.82 Å². The summed E-state index contributed by atoms with van der Waals surface area (Å²) in [7, 11) is 1.60. The Kier molecular flexibility index (Phi) is 4.43. The Balaban J connectivity index is 2.25. The summed E-state index contributed by atoms with van der Waals surface area (Å²) >= 11 is 0. The monoisotopic (exact) mass is 183 g/mol. The highest BCUT2D eigenvalue weighted by Gasteiger charge is 1.93.